The van der Waals surface area contributed by atoms with Gasteiger partial charge in [0, 0.05) is 11.8 Å². The molecule has 0 fully saturated rings. The van der Waals surface area contributed by atoms with Crippen molar-refractivity contribution in [2.45, 2.75) is 0 Å². The summed E-state index contributed by atoms with van der Waals surface area (Å²) in [5.74, 6) is 0.764. The van der Waals surface area contributed by atoms with Gasteiger partial charge in [-0.2, -0.15) is 19.6 Å². The van der Waals surface area contributed by atoms with Crippen LogP contribution in [-0.4, -0.2) is 19.6 Å². The molecule has 3 N–H and O–H groups in total. The summed E-state index contributed by atoms with van der Waals surface area (Å²) in [4.78, 5) is 8.41. The highest BCUT2D eigenvalue weighted by Crippen LogP contribution is 2.14. The zero-order valence-corrected chi connectivity index (χ0v) is 8.91. The maximum absolute atomic E-state index is 5.76. The summed E-state index contributed by atoms with van der Waals surface area (Å²) in [5, 5.41) is 7.09. The Kier molecular flexibility index (Phi) is 2.11. The number of para-hydroxylation sites is 1. The largest absolute Gasteiger partial charge is 0.368 e. The molecule has 0 amide bonds. The Balaban J connectivity index is 2.01. The number of hydrogen-bond acceptors (Lipinski definition) is 5. The predicted octanol–water partition coefficient (Wildman–Crippen LogP) is 1.45. The lowest BCUT2D eigenvalue weighted by molar-refractivity contribution is 0.913. The van der Waals surface area contributed by atoms with Crippen molar-refractivity contribution in [1.82, 2.24) is 19.6 Å². The van der Waals surface area contributed by atoms with Crippen LogP contribution in [0.1, 0.15) is 0 Å². The van der Waals surface area contributed by atoms with Crippen molar-refractivity contribution in [2.75, 3.05) is 11.1 Å². The second-order valence-electron chi connectivity index (χ2n) is 3.50. The number of nitrogen functional groups attached to an aromatic ring is 1. The number of benzene rings is 1. The molecule has 2 aromatic heterocycles. The second-order valence-corrected chi connectivity index (χ2v) is 3.50. The molecule has 0 aliphatic carbocycles. The average Bonchev–Trinajstić information content (AvgIpc) is 2.79. The molecule has 0 aliphatic rings. The Morgan fingerprint density at radius 2 is 1.88 bits per heavy atom. The number of aromatic nitrogens is 4. The van der Waals surface area contributed by atoms with E-state index in [1.54, 1.807) is 12.3 Å². The fourth-order valence-electron chi connectivity index (χ4n) is 1.55. The third-order valence-corrected chi connectivity index (χ3v) is 2.31. The van der Waals surface area contributed by atoms with Crippen molar-refractivity contribution in [1.29, 1.82) is 0 Å². The van der Waals surface area contributed by atoms with Gasteiger partial charge >= 0.3 is 0 Å². The molecule has 84 valence electrons. The van der Waals surface area contributed by atoms with E-state index in [1.165, 1.54) is 4.52 Å². The average molecular weight is 226 g/mol. The maximum atomic E-state index is 5.76. The molecule has 0 spiro atoms. The molecule has 17 heavy (non-hydrogen) atoms. The van der Waals surface area contributed by atoms with Crippen molar-refractivity contribution in [3.05, 3.63) is 42.6 Å². The van der Waals surface area contributed by atoms with Gasteiger partial charge in [-0.25, -0.2) is 0 Å². The summed E-state index contributed by atoms with van der Waals surface area (Å²) < 4.78 is 1.48. The Labute approximate surface area is 97.1 Å². The van der Waals surface area contributed by atoms with Gasteiger partial charge in [-0.05, 0) is 12.1 Å². The normalized spacial score (nSPS) is 10.6. The molecular weight excluding hydrogens is 216 g/mol. The third-order valence-electron chi connectivity index (χ3n) is 2.31. The lowest BCUT2D eigenvalue weighted by Gasteiger charge is -2.05. The van der Waals surface area contributed by atoms with E-state index in [1.807, 2.05) is 30.3 Å². The molecule has 6 heteroatoms. The minimum absolute atomic E-state index is 0.304. The predicted molar refractivity (Wildman–Crippen MR) is 64.9 cm³/mol. The first-order valence-electron chi connectivity index (χ1n) is 5.12. The smallest absolute Gasteiger partial charge is 0.232 e. The maximum Gasteiger partial charge on any atom is 0.232 e. The van der Waals surface area contributed by atoms with E-state index in [4.69, 9.17) is 5.73 Å². The lowest BCUT2D eigenvalue weighted by atomic mass is 10.3. The number of fused-ring (bicyclic) bond motifs is 1. The lowest BCUT2D eigenvalue weighted by Crippen LogP contribution is -2.06. The topological polar surface area (TPSA) is 81.1 Å². The van der Waals surface area contributed by atoms with Crippen LogP contribution in [-0.2, 0) is 0 Å². The first kappa shape index (κ1) is 9.59. The molecule has 2 heterocycles. The molecule has 0 atom stereocenters. The monoisotopic (exact) mass is 226 g/mol. The van der Waals surface area contributed by atoms with E-state index in [0.29, 0.717) is 17.5 Å². The van der Waals surface area contributed by atoms with E-state index in [-0.39, 0.29) is 0 Å². The zero-order chi connectivity index (χ0) is 11.7. The number of rotatable bonds is 2. The Morgan fingerprint density at radius 1 is 1.06 bits per heavy atom. The fraction of sp³-hybridized carbons (Fsp3) is 0. The minimum Gasteiger partial charge on any atom is -0.368 e. The van der Waals surface area contributed by atoms with Crippen LogP contribution in [0.4, 0.5) is 17.6 Å². The third kappa shape index (κ3) is 1.76. The minimum atomic E-state index is 0.304. The first-order valence-corrected chi connectivity index (χ1v) is 5.12. The van der Waals surface area contributed by atoms with Crippen LogP contribution >= 0.6 is 0 Å². The van der Waals surface area contributed by atoms with Crippen LogP contribution < -0.4 is 11.1 Å². The zero-order valence-electron chi connectivity index (χ0n) is 8.91. The van der Waals surface area contributed by atoms with Gasteiger partial charge in [0.2, 0.25) is 11.9 Å². The summed E-state index contributed by atoms with van der Waals surface area (Å²) in [7, 11) is 0. The molecular formula is C11H10N6. The molecule has 0 bridgehead atoms. The van der Waals surface area contributed by atoms with Crippen molar-refractivity contribution >= 4 is 23.2 Å². The van der Waals surface area contributed by atoms with Crippen LogP contribution in [0.25, 0.3) is 5.65 Å². The van der Waals surface area contributed by atoms with Gasteiger partial charge in [0.15, 0.2) is 5.65 Å². The van der Waals surface area contributed by atoms with Crippen LogP contribution in [0.15, 0.2) is 42.6 Å². The van der Waals surface area contributed by atoms with Gasteiger partial charge in [-0.1, -0.05) is 18.2 Å². The van der Waals surface area contributed by atoms with Gasteiger partial charge in [0.1, 0.15) is 0 Å². The molecule has 3 aromatic rings. The summed E-state index contributed by atoms with van der Waals surface area (Å²) in [6.07, 6.45) is 1.63. The van der Waals surface area contributed by atoms with E-state index >= 15 is 0 Å². The van der Waals surface area contributed by atoms with Gasteiger partial charge in [-0.15, -0.1) is 0 Å². The van der Waals surface area contributed by atoms with Gasteiger partial charge in [0.25, 0.3) is 0 Å². The Bertz CT molecular complexity index is 645. The number of hydrogen-bond donors (Lipinski definition) is 2. The Morgan fingerprint density at radius 3 is 2.71 bits per heavy atom. The molecule has 0 radical (unpaired) electrons. The first-order chi connectivity index (χ1) is 8.33. The molecule has 0 unspecified atom stereocenters. The summed E-state index contributed by atoms with van der Waals surface area (Å²) >= 11 is 0. The summed E-state index contributed by atoms with van der Waals surface area (Å²) in [6, 6.07) is 11.4. The molecule has 6 nitrogen and oxygen atoms in total. The molecule has 1 aromatic carbocycles. The van der Waals surface area contributed by atoms with Gasteiger partial charge in [0.05, 0.1) is 6.20 Å². The van der Waals surface area contributed by atoms with Crippen LogP contribution in [0.5, 0.6) is 0 Å². The van der Waals surface area contributed by atoms with E-state index in [9.17, 15) is 0 Å². The van der Waals surface area contributed by atoms with Crippen molar-refractivity contribution < 1.29 is 0 Å². The highest BCUT2D eigenvalue weighted by atomic mass is 15.3. The van der Waals surface area contributed by atoms with E-state index in [0.717, 1.165) is 5.69 Å². The van der Waals surface area contributed by atoms with Crippen molar-refractivity contribution in [3.63, 3.8) is 0 Å². The van der Waals surface area contributed by atoms with Crippen molar-refractivity contribution in [2.24, 2.45) is 0 Å². The van der Waals surface area contributed by atoms with Gasteiger partial charge < -0.3 is 11.1 Å². The molecule has 0 saturated heterocycles. The van der Waals surface area contributed by atoms with Crippen LogP contribution in [0.3, 0.4) is 0 Å². The number of nitrogens with two attached hydrogens (primary N) is 1. The standard InChI is InChI=1S/C11H10N6/c12-10-16-11(14-8-4-2-1-3-5-8)15-9-6-7-13-17(9)10/h1-7H,(H3,12,14,15,16). The van der Waals surface area contributed by atoms with E-state index in [2.05, 4.69) is 20.4 Å². The quantitative estimate of drug-likeness (QED) is 0.691. The highest BCUT2D eigenvalue weighted by molar-refractivity contribution is 5.56. The number of nitrogens with zero attached hydrogens (tertiary/aromatic N) is 4. The van der Waals surface area contributed by atoms with Crippen LogP contribution in [0, 0.1) is 0 Å². The van der Waals surface area contributed by atoms with E-state index < -0.39 is 0 Å². The number of nitrogens with one attached hydrogen (secondary N) is 1. The van der Waals surface area contributed by atoms with Crippen molar-refractivity contribution in [3.8, 4) is 0 Å². The summed E-state index contributed by atoms with van der Waals surface area (Å²) in [6.45, 7) is 0. The number of anilines is 3. The molecule has 0 saturated carbocycles. The highest BCUT2D eigenvalue weighted by Gasteiger charge is 2.04. The Hall–Kier alpha value is -2.63. The fourth-order valence-corrected chi connectivity index (χ4v) is 1.55. The summed E-state index contributed by atoms with van der Waals surface area (Å²) in [5.41, 5.74) is 7.34. The van der Waals surface area contributed by atoms with Crippen LogP contribution in [0.2, 0.25) is 0 Å². The molecule has 3 rings (SSSR count). The second kappa shape index (κ2) is 3.75. The molecule has 0 aliphatic heterocycles. The SMILES string of the molecule is Nc1nc(Nc2ccccc2)nc2ccnn12. The van der Waals surface area contributed by atoms with Gasteiger partial charge in [-0.3, -0.25) is 0 Å².